The van der Waals surface area contributed by atoms with Crippen LogP contribution in [0.5, 0.6) is 0 Å². The lowest BCUT2D eigenvalue weighted by molar-refractivity contribution is 0.391. The maximum absolute atomic E-state index is 2.47. The smallest absolute Gasteiger partial charge is 0.0656 e. The average Bonchev–Trinajstić information content (AvgIpc) is 2.31. The van der Waals surface area contributed by atoms with Gasteiger partial charge in [0.1, 0.15) is 0 Å². The van der Waals surface area contributed by atoms with Gasteiger partial charge in [0.25, 0.3) is 0 Å². The Kier molecular flexibility index (Phi) is 2.48. The van der Waals surface area contributed by atoms with Crippen LogP contribution in [0.2, 0.25) is 0 Å². The lowest BCUT2D eigenvalue weighted by atomic mass is 9.79. The molecule has 1 spiro atoms. The molecule has 0 nitrogen and oxygen atoms in total. The van der Waals surface area contributed by atoms with Gasteiger partial charge in [-0.1, -0.05) is 25.5 Å². The predicted octanol–water partition coefficient (Wildman–Crippen LogP) is 3.93. The van der Waals surface area contributed by atoms with Crippen LogP contribution >= 0.6 is 23.5 Å². The van der Waals surface area contributed by atoms with Crippen LogP contribution in [-0.4, -0.2) is 15.6 Å². The fourth-order valence-electron chi connectivity index (χ4n) is 2.65. The summed E-state index contributed by atoms with van der Waals surface area (Å²) < 4.78 is 0.544. The Morgan fingerprint density at radius 1 is 1.23 bits per heavy atom. The molecule has 0 aromatic rings. The van der Waals surface area contributed by atoms with Gasteiger partial charge in [0.2, 0.25) is 0 Å². The molecule has 0 atom stereocenters. The minimum Gasteiger partial charge on any atom is -0.143 e. The Morgan fingerprint density at radius 3 is 2.38 bits per heavy atom. The summed E-state index contributed by atoms with van der Waals surface area (Å²) in [6, 6.07) is 0. The van der Waals surface area contributed by atoms with Crippen LogP contribution in [-0.2, 0) is 0 Å². The highest BCUT2D eigenvalue weighted by atomic mass is 32.2. The van der Waals surface area contributed by atoms with E-state index >= 15 is 0 Å². The molecule has 1 fully saturated rings. The summed E-state index contributed by atoms with van der Waals surface area (Å²) >= 11 is 4.39. The summed E-state index contributed by atoms with van der Waals surface area (Å²) in [5.41, 5.74) is 2.02. The highest BCUT2D eigenvalue weighted by Crippen LogP contribution is 2.56. The second kappa shape index (κ2) is 3.23. The SMILES string of the molecule is CC1=CC(C)(C)CC2(C1)SCCS2. The van der Waals surface area contributed by atoms with Gasteiger partial charge in [0, 0.05) is 11.5 Å². The minimum atomic E-state index is 0.423. The van der Waals surface area contributed by atoms with Crippen LogP contribution < -0.4 is 0 Å². The third-order valence-electron chi connectivity index (χ3n) is 2.72. The fourth-order valence-corrected chi connectivity index (χ4v) is 6.50. The maximum atomic E-state index is 2.47. The first-order valence-electron chi connectivity index (χ1n) is 4.98. The van der Waals surface area contributed by atoms with E-state index in [2.05, 4.69) is 50.4 Å². The molecule has 0 radical (unpaired) electrons. The van der Waals surface area contributed by atoms with Crippen molar-refractivity contribution in [2.75, 3.05) is 11.5 Å². The van der Waals surface area contributed by atoms with Crippen molar-refractivity contribution >= 4 is 23.5 Å². The van der Waals surface area contributed by atoms with Gasteiger partial charge in [-0.15, -0.1) is 23.5 Å². The molecule has 2 rings (SSSR count). The number of hydrogen-bond donors (Lipinski definition) is 0. The molecule has 0 bridgehead atoms. The van der Waals surface area contributed by atoms with E-state index in [-0.39, 0.29) is 0 Å². The number of rotatable bonds is 0. The largest absolute Gasteiger partial charge is 0.143 e. The lowest BCUT2D eigenvalue weighted by Gasteiger charge is -2.39. The van der Waals surface area contributed by atoms with Gasteiger partial charge in [-0.25, -0.2) is 0 Å². The molecule has 1 aliphatic carbocycles. The Morgan fingerprint density at radius 2 is 1.85 bits per heavy atom. The molecule has 2 heteroatoms. The molecule has 1 aliphatic heterocycles. The second-order valence-corrected chi connectivity index (χ2v) is 8.16. The number of thioether (sulfide) groups is 2. The molecule has 2 aliphatic rings. The van der Waals surface area contributed by atoms with Crippen LogP contribution in [0.1, 0.15) is 33.6 Å². The fraction of sp³-hybridized carbons (Fsp3) is 0.818. The summed E-state index contributed by atoms with van der Waals surface area (Å²) in [5.74, 6) is 2.71. The monoisotopic (exact) mass is 214 g/mol. The van der Waals surface area contributed by atoms with E-state index in [1.165, 1.54) is 24.3 Å². The van der Waals surface area contributed by atoms with Crippen molar-refractivity contribution in [2.24, 2.45) is 5.41 Å². The van der Waals surface area contributed by atoms with Gasteiger partial charge in [-0.2, -0.15) is 0 Å². The van der Waals surface area contributed by atoms with E-state index in [4.69, 9.17) is 0 Å². The summed E-state index contributed by atoms with van der Waals surface area (Å²) in [6.45, 7) is 7.04. The molecule has 0 amide bonds. The highest BCUT2D eigenvalue weighted by molar-refractivity contribution is 8.21. The van der Waals surface area contributed by atoms with E-state index < -0.39 is 0 Å². The zero-order valence-corrected chi connectivity index (χ0v) is 10.4. The molecule has 13 heavy (non-hydrogen) atoms. The van der Waals surface area contributed by atoms with Crippen molar-refractivity contribution < 1.29 is 0 Å². The van der Waals surface area contributed by atoms with Crippen molar-refractivity contribution in [3.05, 3.63) is 11.6 Å². The van der Waals surface area contributed by atoms with Crippen molar-refractivity contribution in [3.8, 4) is 0 Å². The summed E-state index contributed by atoms with van der Waals surface area (Å²) in [5, 5.41) is 0. The van der Waals surface area contributed by atoms with E-state index in [0.29, 0.717) is 9.49 Å². The van der Waals surface area contributed by atoms with Crippen molar-refractivity contribution in [1.29, 1.82) is 0 Å². The molecule has 0 unspecified atom stereocenters. The third-order valence-corrected chi connectivity index (χ3v) is 6.14. The molecule has 0 N–H and O–H groups in total. The Balaban J connectivity index is 2.22. The normalized spacial score (nSPS) is 30.5. The Labute approximate surface area is 89.9 Å². The maximum Gasteiger partial charge on any atom is 0.0656 e. The standard InChI is InChI=1S/C11H18S2/c1-9-6-10(2,3)8-11(7-9)12-4-5-13-11/h6H,4-5,7-8H2,1-3H3. The van der Waals surface area contributed by atoms with Crippen molar-refractivity contribution in [2.45, 2.75) is 37.7 Å². The zero-order valence-electron chi connectivity index (χ0n) is 8.72. The van der Waals surface area contributed by atoms with E-state index in [0.717, 1.165) is 0 Å². The number of allylic oxidation sites excluding steroid dienone is 2. The van der Waals surface area contributed by atoms with Crippen molar-refractivity contribution in [3.63, 3.8) is 0 Å². The van der Waals surface area contributed by atoms with Crippen LogP contribution in [0.3, 0.4) is 0 Å². The average molecular weight is 214 g/mol. The molecule has 1 saturated heterocycles. The summed E-state index contributed by atoms with van der Waals surface area (Å²) in [6.07, 6.45) is 5.14. The first-order chi connectivity index (χ1) is 6.02. The number of hydrogen-bond acceptors (Lipinski definition) is 2. The highest BCUT2D eigenvalue weighted by Gasteiger charge is 2.42. The van der Waals surface area contributed by atoms with E-state index in [1.807, 2.05) is 0 Å². The van der Waals surface area contributed by atoms with Gasteiger partial charge in [0.15, 0.2) is 0 Å². The van der Waals surface area contributed by atoms with E-state index in [9.17, 15) is 0 Å². The van der Waals surface area contributed by atoms with Gasteiger partial charge in [0.05, 0.1) is 4.08 Å². The zero-order chi connectivity index (χ0) is 9.53. The van der Waals surface area contributed by atoms with Crippen LogP contribution in [0.15, 0.2) is 11.6 Å². The van der Waals surface area contributed by atoms with Crippen molar-refractivity contribution in [1.82, 2.24) is 0 Å². The Bertz CT molecular complexity index is 234. The predicted molar refractivity (Wildman–Crippen MR) is 64.4 cm³/mol. The van der Waals surface area contributed by atoms with Gasteiger partial charge >= 0.3 is 0 Å². The van der Waals surface area contributed by atoms with Crippen LogP contribution in [0, 0.1) is 5.41 Å². The molecule has 0 aromatic carbocycles. The van der Waals surface area contributed by atoms with Gasteiger partial charge in [-0.05, 0) is 25.2 Å². The first-order valence-corrected chi connectivity index (χ1v) is 6.95. The molecular formula is C11H18S2. The molecular weight excluding hydrogens is 196 g/mol. The van der Waals surface area contributed by atoms with Gasteiger partial charge < -0.3 is 0 Å². The minimum absolute atomic E-state index is 0.423. The van der Waals surface area contributed by atoms with Gasteiger partial charge in [-0.3, -0.25) is 0 Å². The molecule has 74 valence electrons. The first kappa shape index (κ1) is 9.97. The second-order valence-electron chi connectivity index (χ2n) is 4.94. The molecule has 0 saturated carbocycles. The quantitative estimate of drug-likeness (QED) is 0.560. The molecule has 0 aromatic heterocycles. The molecule has 1 heterocycles. The summed E-state index contributed by atoms with van der Waals surface area (Å²) in [7, 11) is 0. The summed E-state index contributed by atoms with van der Waals surface area (Å²) in [4.78, 5) is 0. The Hall–Kier alpha value is 0.440. The third kappa shape index (κ3) is 2.10. The van der Waals surface area contributed by atoms with E-state index in [1.54, 1.807) is 5.57 Å². The lowest BCUT2D eigenvalue weighted by Crippen LogP contribution is -2.30. The van der Waals surface area contributed by atoms with Crippen LogP contribution in [0.25, 0.3) is 0 Å². The topological polar surface area (TPSA) is 0 Å². The van der Waals surface area contributed by atoms with Crippen LogP contribution in [0.4, 0.5) is 0 Å².